The fraction of sp³-hybridized carbons (Fsp3) is 0.400. The number of pyridine rings is 1. The molecule has 0 radical (unpaired) electrons. The topological polar surface area (TPSA) is 69.7 Å². The van der Waals surface area contributed by atoms with Gasteiger partial charge in [0.1, 0.15) is 18.2 Å². The number of halogens is 1. The van der Waals surface area contributed by atoms with Crippen LogP contribution in [0.1, 0.15) is 48.3 Å². The van der Waals surface area contributed by atoms with Crippen LogP contribution in [0, 0.1) is 5.82 Å². The first-order valence-corrected chi connectivity index (χ1v) is 8.94. The maximum atomic E-state index is 13.0. The number of carbonyl (C=O) groups is 1. The predicted molar refractivity (Wildman–Crippen MR) is 95.0 cm³/mol. The number of fused-ring (bicyclic) bond motifs is 1. The highest BCUT2D eigenvalue weighted by Crippen LogP contribution is 2.36. The molecule has 1 amide bonds. The van der Waals surface area contributed by atoms with Crippen LogP contribution in [0.4, 0.5) is 4.39 Å². The molecule has 1 aliphatic carbocycles. The fourth-order valence-electron chi connectivity index (χ4n) is 2.82. The lowest BCUT2D eigenvalue weighted by Gasteiger charge is -2.34. The molecule has 0 atom stereocenters. The van der Waals surface area contributed by atoms with Gasteiger partial charge in [-0.15, -0.1) is 0 Å². The second kappa shape index (κ2) is 6.81. The number of aromatic nitrogens is 1. The first-order valence-electron chi connectivity index (χ1n) is 8.94. The summed E-state index contributed by atoms with van der Waals surface area (Å²) in [5, 5.41) is 2.94. The van der Waals surface area contributed by atoms with Gasteiger partial charge in [0, 0.05) is 37.2 Å². The van der Waals surface area contributed by atoms with Crippen molar-refractivity contribution in [3.63, 3.8) is 0 Å². The quantitative estimate of drug-likeness (QED) is 0.872. The Balaban J connectivity index is 1.60. The third-order valence-electron chi connectivity index (χ3n) is 4.47. The van der Waals surface area contributed by atoms with E-state index in [1.807, 2.05) is 0 Å². The molecule has 7 heteroatoms. The second-order valence-corrected chi connectivity index (χ2v) is 7.22. The largest absolute Gasteiger partial charge is 0.489 e. The van der Waals surface area contributed by atoms with Crippen LogP contribution < -0.4 is 14.8 Å². The van der Waals surface area contributed by atoms with E-state index >= 15 is 0 Å². The van der Waals surface area contributed by atoms with E-state index in [0.29, 0.717) is 11.5 Å². The van der Waals surface area contributed by atoms with E-state index in [9.17, 15) is 9.18 Å². The van der Waals surface area contributed by atoms with Crippen molar-refractivity contribution >= 4 is 5.91 Å². The van der Waals surface area contributed by atoms with Gasteiger partial charge in [-0.2, -0.15) is 0 Å². The number of nitrogens with zero attached hydrogens (tertiary/aromatic N) is 1. The molecule has 1 aromatic carbocycles. The summed E-state index contributed by atoms with van der Waals surface area (Å²) >= 11 is 0. The third kappa shape index (κ3) is 4.03. The van der Waals surface area contributed by atoms with E-state index in [0.717, 1.165) is 24.0 Å². The van der Waals surface area contributed by atoms with E-state index < -0.39 is 5.79 Å². The molecule has 6 nitrogen and oxygen atoms in total. The standard InChI is InChI=1S/C20H21FN2O4/c1-20(2)26-11-16-12(10-25-15-7-3-13(21)4-8-15)9-22-17(18(16)27-20)19(24)23-14-5-6-14/h3-4,7-9,14H,5-6,10-11H2,1-2H3,(H,23,24). The average molecular weight is 372 g/mol. The van der Waals surface area contributed by atoms with Crippen LogP contribution in [0.15, 0.2) is 30.5 Å². The van der Waals surface area contributed by atoms with Gasteiger partial charge in [-0.25, -0.2) is 9.37 Å². The fourth-order valence-corrected chi connectivity index (χ4v) is 2.82. The van der Waals surface area contributed by atoms with Gasteiger partial charge in [0.2, 0.25) is 5.79 Å². The van der Waals surface area contributed by atoms with Crippen molar-refractivity contribution in [1.82, 2.24) is 10.3 Å². The molecular weight excluding hydrogens is 351 g/mol. The Morgan fingerprint density at radius 2 is 2.07 bits per heavy atom. The molecule has 1 N–H and O–H groups in total. The normalized spacial score (nSPS) is 17.6. The summed E-state index contributed by atoms with van der Waals surface area (Å²) in [5.74, 6) is -0.433. The van der Waals surface area contributed by atoms with Crippen LogP contribution >= 0.6 is 0 Å². The third-order valence-corrected chi connectivity index (χ3v) is 4.47. The number of hydrogen-bond donors (Lipinski definition) is 1. The number of hydrogen-bond acceptors (Lipinski definition) is 5. The lowest BCUT2D eigenvalue weighted by atomic mass is 10.1. The van der Waals surface area contributed by atoms with E-state index in [1.54, 1.807) is 32.2 Å². The van der Waals surface area contributed by atoms with Crippen LogP contribution in [0.3, 0.4) is 0 Å². The molecule has 4 rings (SSSR count). The molecule has 0 spiro atoms. The molecule has 1 fully saturated rings. The summed E-state index contributed by atoms with van der Waals surface area (Å²) in [4.78, 5) is 16.9. The maximum Gasteiger partial charge on any atom is 0.273 e. The Kier molecular flexibility index (Phi) is 4.47. The molecule has 1 aromatic heterocycles. The second-order valence-electron chi connectivity index (χ2n) is 7.22. The average Bonchev–Trinajstić information content (AvgIpc) is 3.44. The van der Waals surface area contributed by atoms with Gasteiger partial charge in [0.05, 0.1) is 6.61 Å². The van der Waals surface area contributed by atoms with Crippen LogP contribution in [-0.2, 0) is 18.0 Å². The summed E-state index contributed by atoms with van der Waals surface area (Å²) in [6.07, 6.45) is 3.59. The van der Waals surface area contributed by atoms with Crippen LogP contribution in [0.25, 0.3) is 0 Å². The molecule has 0 saturated heterocycles. The first kappa shape index (κ1) is 17.7. The minimum Gasteiger partial charge on any atom is -0.489 e. The Bertz CT molecular complexity index is 863. The number of benzene rings is 1. The predicted octanol–water partition coefficient (Wildman–Crippen LogP) is 3.34. The van der Waals surface area contributed by atoms with Crippen molar-refractivity contribution in [2.75, 3.05) is 0 Å². The summed E-state index contributed by atoms with van der Waals surface area (Å²) in [5.41, 5.74) is 1.76. The Morgan fingerprint density at radius 1 is 1.33 bits per heavy atom. The summed E-state index contributed by atoms with van der Waals surface area (Å²) < 4.78 is 30.4. The van der Waals surface area contributed by atoms with Gasteiger partial charge >= 0.3 is 0 Å². The molecule has 142 valence electrons. The van der Waals surface area contributed by atoms with Gasteiger partial charge in [-0.1, -0.05) is 0 Å². The zero-order valence-electron chi connectivity index (χ0n) is 15.3. The smallest absolute Gasteiger partial charge is 0.273 e. The van der Waals surface area contributed by atoms with Crippen molar-refractivity contribution in [2.45, 2.75) is 51.7 Å². The van der Waals surface area contributed by atoms with Crippen molar-refractivity contribution < 1.29 is 23.4 Å². The molecule has 2 aliphatic rings. The highest BCUT2D eigenvalue weighted by Gasteiger charge is 2.34. The Hall–Kier alpha value is -2.67. The highest BCUT2D eigenvalue weighted by atomic mass is 19.1. The van der Waals surface area contributed by atoms with Gasteiger partial charge < -0.3 is 19.5 Å². The number of carbonyl (C=O) groups excluding carboxylic acids is 1. The lowest BCUT2D eigenvalue weighted by Crippen LogP contribution is -2.38. The summed E-state index contributed by atoms with van der Waals surface area (Å²) in [6.45, 7) is 4.08. The minimum atomic E-state index is -0.847. The molecule has 27 heavy (non-hydrogen) atoms. The maximum absolute atomic E-state index is 13.0. The molecule has 2 aromatic rings. The van der Waals surface area contributed by atoms with Gasteiger partial charge in [-0.05, 0) is 37.1 Å². The van der Waals surface area contributed by atoms with Gasteiger partial charge in [0.15, 0.2) is 11.4 Å². The van der Waals surface area contributed by atoms with E-state index in [-0.39, 0.29) is 36.7 Å². The SMILES string of the molecule is CC1(C)OCc2c(COc3ccc(F)cc3)cnc(C(=O)NC3CC3)c2O1. The lowest BCUT2D eigenvalue weighted by molar-refractivity contribution is -0.180. The first-order chi connectivity index (χ1) is 12.9. The van der Waals surface area contributed by atoms with Crippen LogP contribution in [-0.4, -0.2) is 22.7 Å². The molecule has 0 bridgehead atoms. The Labute approximate surface area is 156 Å². The van der Waals surface area contributed by atoms with Crippen molar-refractivity contribution in [3.8, 4) is 11.5 Å². The summed E-state index contributed by atoms with van der Waals surface area (Å²) in [7, 11) is 0. The van der Waals surface area contributed by atoms with Crippen molar-refractivity contribution in [2.24, 2.45) is 0 Å². The minimum absolute atomic E-state index is 0.207. The van der Waals surface area contributed by atoms with Gasteiger partial charge in [0.25, 0.3) is 5.91 Å². The van der Waals surface area contributed by atoms with E-state index in [2.05, 4.69) is 10.3 Å². The molecular formula is C20H21FN2O4. The van der Waals surface area contributed by atoms with Crippen molar-refractivity contribution in [1.29, 1.82) is 0 Å². The zero-order chi connectivity index (χ0) is 19.0. The monoisotopic (exact) mass is 372 g/mol. The number of amides is 1. The van der Waals surface area contributed by atoms with E-state index in [4.69, 9.17) is 14.2 Å². The highest BCUT2D eigenvalue weighted by molar-refractivity contribution is 5.95. The Morgan fingerprint density at radius 3 is 2.78 bits per heavy atom. The number of ether oxygens (including phenoxy) is 3. The molecule has 1 aliphatic heterocycles. The number of nitrogens with one attached hydrogen (secondary N) is 1. The van der Waals surface area contributed by atoms with Gasteiger partial charge in [-0.3, -0.25) is 4.79 Å². The van der Waals surface area contributed by atoms with E-state index in [1.165, 1.54) is 12.1 Å². The van der Waals surface area contributed by atoms with Crippen LogP contribution in [0.2, 0.25) is 0 Å². The zero-order valence-corrected chi connectivity index (χ0v) is 15.3. The molecule has 0 unspecified atom stereocenters. The summed E-state index contributed by atoms with van der Waals surface area (Å²) in [6, 6.07) is 6.02. The molecule has 1 saturated carbocycles. The van der Waals surface area contributed by atoms with Crippen LogP contribution in [0.5, 0.6) is 11.5 Å². The molecule has 2 heterocycles. The number of rotatable bonds is 5. The van der Waals surface area contributed by atoms with Crippen molar-refractivity contribution in [3.05, 3.63) is 53.1 Å².